The van der Waals surface area contributed by atoms with Crippen molar-refractivity contribution in [3.63, 3.8) is 0 Å². The lowest BCUT2D eigenvalue weighted by atomic mass is 9.93. The number of benzene rings is 3. The van der Waals surface area contributed by atoms with Crippen molar-refractivity contribution < 1.29 is 27.5 Å². The smallest absolute Gasteiger partial charge is 0.255 e. The van der Waals surface area contributed by atoms with Crippen molar-refractivity contribution in [1.82, 2.24) is 14.9 Å². The van der Waals surface area contributed by atoms with Crippen LogP contribution in [0.15, 0.2) is 59.5 Å². The number of aromatic amines is 1. The number of imidazole rings is 1. The zero-order valence-corrected chi connectivity index (χ0v) is 23.5. The molecule has 11 nitrogen and oxygen atoms in total. The summed E-state index contributed by atoms with van der Waals surface area (Å²) in [6.07, 6.45) is -0.856. The first-order chi connectivity index (χ1) is 19.3. The van der Waals surface area contributed by atoms with Crippen molar-refractivity contribution in [2.75, 3.05) is 30.4 Å². The molecule has 4 rings (SSSR count). The number of H-pyrrole nitrogens is 1. The number of primary amides is 1. The SMILES string of the molecule is CCN(CC)C(c1cc(F)c(-c2ccccc2C(N)=O)cc1S(C)(=O)=O)C(O)C(=O)Nc1ccc2nc(N)[nH]c2c1. The van der Waals surface area contributed by atoms with E-state index in [1.165, 1.54) is 12.1 Å². The van der Waals surface area contributed by atoms with Crippen LogP contribution in [0.4, 0.5) is 16.0 Å². The fraction of sp³-hybridized carbons (Fsp3) is 0.250. The van der Waals surface area contributed by atoms with Crippen LogP contribution in [0.3, 0.4) is 0 Å². The second-order valence-corrected chi connectivity index (χ2v) is 11.5. The molecule has 4 aromatic rings. The summed E-state index contributed by atoms with van der Waals surface area (Å²) in [5, 5.41) is 14.0. The van der Waals surface area contributed by atoms with E-state index < -0.39 is 39.6 Å². The lowest BCUT2D eigenvalue weighted by Gasteiger charge is -2.34. The fourth-order valence-electron chi connectivity index (χ4n) is 4.91. The maximum Gasteiger partial charge on any atom is 0.255 e. The van der Waals surface area contributed by atoms with Gasteiger partial charge in [0.2, 0.25) is 5.91 Å². The first kappa shape index (κ1) is 29.6. The minimum absolute atomic E-state index is 0.00861. The van der Waals surface area contributed by atoms with Crippen LogP contribution in [0.5, 0.6) is 0 Å². The van der Waals surface area contributed by atoms with E-state index >= 15 is 4.39 Å². The molecule has 3 aromatic carbocycles. The molecule has 2 unspecified atom stereocenters. The summed E-state index contributed by atoms with van der Waals surface area (Å²) >= 11 is 0. The number of halogens is 1. The zero-order valence-electron chi connectivity index (χ0n) is 22.7. The topological polar surface area (TPSA) is 184 Å². The summed E-state index contributed by atoms with van der Waals surface area (Å²) in [5.41, 5.74) is 12.5. The van der Waals surface area contributed by atoms with E-state index in [4.69, 9.17) is 11.5 Å². The molecular weight excluding hydrogens is 551 g/mol. The molecule has 0 fully saturated rings. The Bertz CT molecular complexity index is 1740. The number of nitrogens with one attached hydrogen (secondary N) is 2. The van der Waals surface area contributed by atoms with Gasteiger partial charge in [-0.05, 0) is 60.6 Å². The highest BCUT2D eigenvalue weighted by Crippen LogP contribution is 2.37. The third-order valence-corrected chi connectivity index (χ3v) is 7.99. The number of aliphatic hydroxyl groups excluding tert-OH is 1. The first-order valence-electron chi connectivity index (χ1n) is 12.8. The van der Waals surface area contributed by atoms with Gasteiger partial charge in [-0.3, -0.25) is 14.5 Å². The van der Waals surface area contributed by atoms with Gasteiger partial charge < -0.3 is 26.9 Å². The number of fused-ring (bicyclic) bond motifs is 1. The van der Waals surface area contributed by atoms with Crippen molar-refractivity contribution >= 4 is 44.3 Å². The van der Waals surface area contributed by atoms with Gasteiger partial charge in [0, 0.05) is 23.1 Å². The lowest BCUT2D eigenvalue weighted by molar-refractivity contribution is -0.127. The number of anilines is 2. The summed E-state index contributed by atoms with van der Waals surface area (Å²) in [5.74, 6) is -2.30. The summed E-state index contributed by atoms with van der Waals surface area (Å²) < 4.78 is 41.9. The van der Waals surface area contributed by atoms with Crippen LogP contribution < -0.4 is 16.8 Å². The molecule has 0 aliphatic heterocycles. The van der Waals surface area contributed by atoms with Gasteiger partial charge in [-0.25, -0.2) is 17.8 Å². The number of rotatable bonds is 10. The van der Waals surface area contributed by atoms with Gasteiger partial charge in [0.1, 0.15) is 5.82 Å². The van der Waals surface area contributed by atoms with Crippen molar-refractivity contribution in [2.24, 2.45) is 5.73 Å². The van der Waals surface area contributed by atoms with E-state index in [2.05, 4.69) is 15.3 Å². The number of hydrogen-bond donors (Lipinski definition) is 5. The average Bonchev–Trinajstić information content (AvgIpc) is 3.29. The van der Waals surface area contributed by atoms with E-state index in [-0.39, 0.29) is 33.1 Å². The maximum absolute atomic E-state index is 15.8. The third-order valence-electron chi connectivity index (χ3n) is 6.84. The molecule has 41 heavy (non-hydrogen) atoms. The van der Waals surface area contributed by atoms with E-state index in [0.717, 1.165) is 18.4 Å². The standard InChI is InChI=1S/C28H31FN6O5S/c1-4-35(5-2)24(25(36)27(38)32-15-10-11-21-22(12-15)34-28(31)33-21)19-13-20(29)18(14-23(19)41(3,39)40)16-8-6-7-9-17(16)26(30)37/h6-14,24-25,36H,4-5H2,1-3H3,(H2,30,37)(H,32,38)(H3,31,33,34). The number of sulfone groups is 1. The second kappa shape index (κ2) is 11.6. The number of amides is 2. The van der Waals surface area contributed by atoms with Crippen LogP contribution in [0.1, 0.15) is 35.8 Å². The number of nitrogen functional groups attached to an aromatic ring is 1. The van der Waals surface area contributed by atoms with Crippen LogP contribution in [0.25, 0.3) is 22.2 Å². The van der Waals surface area contributed by atoms with Crippen molar-refractivity contribution in [2.45, 2.75) is 30.9 Å². The maximum atomic E-state index is 15.8. The summed E-state index contributed by atoms with van der Waals surface area (Å²) in [4.78, 5) is 33.6. The van der Waals surface area contributed by atoms with Gasteiger partial charge >= 0.3 is 0 Å². The molecule has 0 aliphatic rings. The molecule has 0 bridgehead atoms. The van der Waals surface area contributed by atoms with Crippen LogP contribution in [0, 0.1) is 5.82 Å². The lowest BCUT2D eigenvalue weighted by Crippen LogP contribution is -2.43. The minimum Gasteiger partial charge on any atom is -0.381 e. The normalized spacial score (nSPS) is 13.3. The monoisotopic (exact) mass is 582 g/mol. The van der Waals surface area contributed by atoms with Crippen molar-refractivity contribution in [3.05, 3.63) is 71.5 Å². The van der Waals surface area contributed by atoms with E-state index in [1.54, 1.807) is 49.1 Å². The molecule has 0 saturated heterocycles. The van der Waals surface area contributed by atoms with Gasteiger partial charge in [0.15, 0.2) is 21.9 Å². The van der Waals surface area contributed by atoms with E-state index in [9.17, 15) is 23.1 Å². The Balaban J connectivity index is 1.82. The molecule has 0 radical (unpaired) electrons. The highest BCUT2D eigenvalue weighted by atomic mass is 32.2. The summed E-state index contributed by atoms with van der Waals surface area (Å²) in [7, 11) is -4.02. The first-order valence-corrected chi connectivity index (χ1v) is 14.7. The predicted molar refractivity (Wildman–Crippen MR) is 154 cm³/mol. The Kier molecular flexibility index (Phi) is 8.42. The molecule has 216 valence electrons. The highest BCUT2D eigenvalue weighted by molar-refractivity contribution is 7.90. The molecule has 1 aromatic heterocycles. The number of carbonyl (C=O) groups excluding carboxylic acids is 2. The Morgan fingerprint density at radius 3 is 2.41 bits per heavy atom. The fourth-order valence-corrected chi connectivity index (χ4v) is 5.85. The Labute approximate surface area is 236 Å². The number of likely N-dealkylation sites (N-methyl/N-ethyl adjacent to an activating group) is 1. The molecule has 1 heterocycles. The highest BCUT2D eigenvalue weighted by Gasteiger charge is 2.36. The summed E-state index contributed by atoms with van der Waals surface area (Å²) in [6.45, 7) is 4.15. The quantitative estimate of drug-likeness (QED) is 0.177. The zero-order chi connectivity index (χ0) is 30.1. The van der Waals surface area contributed by atoms with Crippen LogP contribution in [-0.2, 0) is 14.6 Å². The summed E-state index contributed by atoms with van der Waals surface area (Å²) in [6, 6.07) is 11.6. The van der Waals surface area contributed by atoms with E-state index in [0.29, 0.717) is 29.8 Å². The van der Waals surface area contributed by atoms with Crippen LogP contribution in [0.2, 0.25) is 0 Å². The van der Waals surface area contributed by atoms with Gasteiger partial charge in [-0.1, -0.05) is 32.0 Å². The Morgan fingerprint density at radius 1 is 1.10 bits per heavy atom. The average molecular weight is 583 g/mol. The minimum atomic E-state index is -4.02. The second-order valence-electron chi connectivity index (χ2n) is 9.51. The molecule has 13 heteroatoms. The van der Waals surface area contributed by atoms with Gasteiger partial charge in [0.05, 0.1) is 22.0 Å². The van der Waals surface area contributed by atoms with Crippen LogP contribution >= 0.6 is 0 Å². The Hall–Kier alpha value is -4.33. The largest absolute Gasteiger partial charge is 0.381 e. The van der Waals surface area contributed by atoms with Crippen molar-refractivity contribution in [1.29, 1.82) is 0 Å². The number of nitrogens with zero attached hydrogens (tertiary/aromatic N) is 2. The van der Waals surface area contributed by atoms with Gasteiger partial charge in [-0.15, -0.1) is 0 Å². The van der Waals surface area contributed by atoms with Crippen LogP contribution in [-0.4, -0.2) is 65.7 Å². The molecule has 0 aliphatic carbocycles. The molecule has 0 saturated carbocycles. The number of nitrogens with two attached hydrogens (primary N) is 2. The molecular formula is C28H31FN6O5S. The Morgan fingerprint density at radius 2 is 1.78 bits per heavy atom. The number of hydrogen-bond acceptors (Lipinski definition) is 8. The molecule has 2 amide bonds. The van der Waals surface area contributed by atoms with E-state index in [1.807, 2.05) is 0 Å². The number of aliphatic hydroxyl groups is 1. The number of carbonyl (C=O) groups is 2. The molecule has 7 N–H and O–H groups in total. The van der Waals surface area contributed by atoms with Crippen molar-refractivity contribution in [3.8, 4) is 11.1 Å². The van der Waals surface area contributed by atoms with Gasteiger partial charge in [0.25, 0.3) is 5.91 Å². The van der Waals surface area contributed by atoms with Gasteiger partial charge in [-0.2, -0.15) is 0 Å². The predicted octanol–water partition coefficient (Wildman–Crippen LogP) is 2.84. The third kappa shape index (κ3) is 6.06. The number of aromatic nitrogens is 2. The molecule has 0 spiro atoms. The molecule has 2 atom stereocenters.